The summed E-state index contributed by atoms with van der Waals surface area (Å²) in [7, 11) is 0. The molecule has 1 aromatic heterocycles. The quantitative estimate of drug-likeness (QED) is 0.815. The van der Waals surface area contributed by atoms with E-state index in [9.17, 15) is 0 Å². The normalized spacial score (nSPS) is 16.5. The van der Waals surface area contributed by atoms with Crippen LogP contribution in [0.4, 0.5) is 5.82 Å². The Labute approximate surface area is 74.2 Å². The van der Waals surface area contributed by atoms with Gasteiger partial charge in [-0.05, 0) is 40.9 Å². The van der Waals surface area contributed by atoms with Gasteiger partial charge in [-0.2, -0.15) is 0 Å². The average Bonchev–Trinajstić information content (AvgIpc) is 2.78. The zero-order valence-electron chi connectivity index (χ0n) is 6.05. The monoisotopic (exact) mass is 212 g/mol. The average molecular weight is 213 g/mol. The number of hydrogen-bond donors (Lipinski definition) is 1. The summed E-state index contributed by atoms with van der Waals surface area (Å²) in [4.78, 5) is 4.20. The Bertz CT molecular complexity index is 258. The van der Waals surface area contributed by atoms with Gasteiger partial charge in [-0.25, -0.2) is 4.98 Å². The lowest BCUT2D eigenvalue weighted by atomic mass is 10.4. The van der Waals surface area contributed by atoms with Gasteiger partial charge in [-0.1, -0.05) is 0 Å². The molecule has 0 aliphatic heterocycles. The van der Waals surface area contributed by atoms with Crippen molar-refractivity contribution in [2.24, 2.45) is 0 Å². The Hall–Kier alpha value is -0.570. The van der Waals surface area contributed by atoms with Gasteiger partial charge in [0.2, 0.25) is 0 Å². The molecule has 1 aromatic rings. The van der Waals surface area contributed by atoms with Crippen LogP contribution in [0.3, 0.4) is 0 Å². The minimum Gasteiger partial charge on any atom is -0.366 e. The van der Waals surface area contributed by atoms with E-state index in [2.05, 4.69) is 26.2 Å². The van der Waals surface area contributed by atoms with Crippen LogP contribution in [0.1, 0.15) is 12.8 Å². The molecule has 1 aliphatic carbocycles. The summed E-state index contributed by atoms with van der Waals surface area (Å²) in [6, 6.07) is 4.58. The largest absolute Gasteiger partial charge is 0.366 e. The number of halogens is 1. The Kier molecular flexibility index (Phi) is 1.82. The van der Waals surface area contributed by atoms with Gasteiger partial charge in [0.05, 0.1) is 4.47 Å². The molecule has 1 heterocycles. The van der Waals surface area contributed by atoms with Crippen molar-refractivity contribution in [3.05, 3.63) is 22.8 Å². The van der Waals surface area contributed by atoms with Gasteiger partial charge in [0.25, 0.3) is 0 Å². The van der Waals surface area contributed by atoms with E-state index in [4.69, 9.17) is 0 Å². The van der Waals surface area contributed by atoms with Crippen LogP contribution in [0.5, 0.6) is 0 Å². The minimum atomic E-state index is 0.668. The molecule has 1 N–H and O–H groups in total. The van der Waals surface area contributed by atoms with E-state index in [1.54, 1.807) is 6.20 Å². The topological polar surface area (TPSA) is 24.9 Å². The maximum atomic E-state index is 4.20. The maximum absolute atomic E-state index is 4.20. The summed E-state index contributed by atoms with van der Waals surface area (Å²) in [6.07, 6.45) is 4.36. The summed E-state index contributed by atoms with van der Waals surface area (Å²) in [6.45, 7) is 0. The van der Waals surface area contributed by atoms with Crippen LogP contribution in [0.25, 0.3) is 0 Å². The Morgan fingerprint density at radius 1 is 1.55 bits per heavy atom. The molecule has 11 heavy (non-hydrogen) atoms. The van der Waals surface area contributed by atoms with Gasteiger partial charge in [0, 0.05) is 12.2 Å². The van der Waals surface area contributed by atoms with Crippen molar-refractivity contribution >= 4 is 21.7 Å². The highest BCUT2D eigenvalue weighted by atomic mass is 79.9. The lowest BCUT2D eigenvalue weighted by Crippen LogP contribution is -2.02. The molecule has 3 heteroatoms. The highest BCUT2D eigenvalue weighted by Crippen LogP contribution is 2.27. The molecule has 1 saturated carbocycles. The van der Waals surface area contributed by atoms with Crippen molar-refractivity contribution in [2.75, 3.05) is 5.32 Å². The summed E-state index contributed by atoms with van der Waals surface area (Å²) in [5, 5.41) is 3.33. The molecule has 0 radical (unpaired) electrons. The molecule has 0 saturated heterocycles. The van der Waals surface area contributed by atoms with E-state index in [0.717, 1.165) is 10.3 Å². The second-order valence-corrected chi connectivity index (χ2v) is 3.61. The van der Waals surface area contributed by atoms with Crippen LogP contribution in [-0.2, 0) is 0 Å². The molecule has 1 aliphatic rings. The number of aromatic nitrogens is 1. The highest BCUT2D eigenvalue weighted by molar-refractivity contribution is 9.10. The molecule has 0 unspecified atom stereocenters. The van der Waals surface area contributed by atoms with Crippen molar-refractivity contribution < 1.29 is 0 Å². The first kappa shape index (κ1) is 7.10. The van der Waals surface area contributed by atoms with Gasteiger partial charge < -0.3 is 5.32 Å². The fourth-order valence-corrected chi connectivity index (χ4v) is 1.28. The van der Waals surface area contributed by atoms with E-state index in [0.29, 0.717) is 6.04 Å². The lowest BCUT2D eigenvalue weighted by Gasteiger charge is -2.03. The molecule has 2 rings (SSSR count). The molecule has 0 spiro atoms. The molecule has 0 bridgehead atoms. The summed E-state index contributed by atoms with van der Waals surface area (Å²) < 4.78 is 1.05. The fourth-order valence-electron chi connectivity index (χ4n) is 0.913. The van der Waals surface area contributed by atoms with E-state index in [1.807, 2.05) is 12.1 Å². The second-order valence-electron chi connectivity index (χ2n) is 2.75. The third-order valence-corrected chi connectivity index (χ3v) is 2.32. The third kappa shape index (κ3) is 1.71. The first-order valence-electron chi connectivity index (χ1n) is 3.73. The van der Waals surface area contributed by atoms with Crippen molar-refractivity contribution in [1.29, 1.82) is 0 Å². The highest BCUT2D eigenvalue weighted by Gasteiger charge is 2.21. The van der Waals surface area contributed by atoms with Crippen LogP contribution in [0.15, 0.2) is 22.8 Å². The van der Waals surface area contributed by atoms with Crippen molar-refractivity contribution in [3.63, 3.8) is 0 Å². The maximum Gasteiger partial charge on any atom is 0.140 e. The Morgan fingerprint density at radius 3 is 3.00 bits per heavy atom. The predicted octanol–water partition coefficient (Wildman–Crippen LogP) is 2.42. The number of nitrogens with one attached hydrogen (secondary N) is 1. The van der Waals surface area contributed by atoms with Crippen LogP contribution < -0.4 is 5.32 Å². The lowest BCUT2D eigenvalue weighted by molar-refractivity contribution is 1.11. The molecule has 58 valence electrons. The van der Waals surface area contributed by atoms with Gasteiger partial charge in [0.1, 0.15) is 5.82 Å². The summed E-state index contributed by atoms with van der Waals surface area (Å²) in [5.74, 6) is 0.968. The van der Waals surface area contributed by atoms with Gasteiger partial charge in [0.15, 0.2) is 0 Å². The number of anilines is 1. The predicted molar refractivity (Wildman–Crippen MR) is 48.6 cm³/mol. The van der Waals surface area contributed by atoms with Crippen LogP contribution >= 0.6 is 15.9 Å². The summed E-state index contributed by atoms with van der Waals surface area (Å²) in [5.41, 5.74) is 0. The zero-order valence-corrected chi connectivity index (χ0v) is 7.63. The third-order valence-electron chi connectivity index (χ3n) is 1.68. The van der Waals surface area contributed by atoms with Crippen molar-refractivity contribution in [3.8, 4) is 0 Å². The van der Waals surface area contributed by atoms with E-state index in [-0.39, 0.29) is 0 Å². The number of rotatable bonds is 2. The van der Waals surface area contributed by atoms with E-state index < -0.39 is 0 Å². The van der Waals surface area contributed by atoms with Gasteiger partial charge in [-0.3, -0.25) is 0 Å². The standard InChI is InChI=1S/C8H9BrN2/c9-7-2-1-5-10-8(7)11-6-3-4-6/h1-2,5-6H,3-4H2,(H,10,11). The molecule has 0 amide bonds. The van der Waals surface area contributed by atoms with Crippen LogP contribution in [0, 0.1) is 0 Å². The van der Waals surface area contributed by atoms with E-state index >= 15 is 0 Å². The molecule has 0 aromatic carbocycles. The minimum absolute atomic E-state index is 0.668. The first-order chi connectivity index (χ1) is 5.36. The second kappa shape index (κ2) is 2.81. The van der Waals surface area contributed by atoms with Crippen molar-refractivity contribution in [1.82, 2.24) is 4.98 Å². The van der Waals surface area contributed by atoms with Gasteiger partial charge >= 0.3 is 0 Å². The first-order valence-corrected chi connectivity index (χ1v) is 4.52. The number of pyridine rings is 1. The smallest absolute Gasteiger partial charge is 0.140 e. The van der Waals surface area contributed by atoms with Crippen molar-refractivity contribution in [2.45, 2.75) is 18.9 Å². The number of nitrogens with zero attached hydrogens (tertiary/aromatic N) is 1. The van der Waals surface area contributed by atoms with Crippen LogP contribution in [-0.4, -0.2) is 11.0 Å². The Balaban J connectivity index is 2.15. The molecular weight excluding hydrogens is 204 g/mol. The fraction of sp³-hybridized carbons (Fsp3) is 0.375. The van der Waals surface area contributed by atoms with Gasteiger partial charge in [-0.15, -0.1) is 0 Å². The molecule has 0 atom stereocenters. The molecule has 1 fully saturated rings. The SMILES string of the molecule is Brc1cccnc1NC1CC1. The molecular formula is C8H9BrN2. The van der Waals surface area contributed by atoms with Crippen LogP contribution in [0.2, 0.25) is 0 Å². The summed E-state index contributed by atoms with van der Waals surface area (Å²) >= 11 is 3.43. The van der Waals surface area contributed by atoms with E-state index in [1.165, 1.54) is 12.8 Å². The Morgan fingerprint density at radius 2 is 2.36 bits per heavy atom. The number of hydrogen-bond acceptors (Lipinski definition) is 2. The zero-order chi connectivity index (χ0) is 7.68. The molecule has 2 nitrogen and oxygen atoms in total.